The second kappa shape index (κ2) is 7.61. The molecule has 1 unspecified atom stereocenters. The number of fused-ring (bicyclic) bond motifs is 1. The molecule has 5 nitrogen and oxygen atoms in total. The molecule has 0 spiro atoms. The van der Waals surface area contributed by atoms with Crippen LogP contribution in [0.15, 0.2) is 60.4 Å². The Morgan fingerprint density at radius 3 is 2.71 bits per heavy atom. The predicted octanol–water partition coefficient (Wildman–Crippen LogP) is 5.86. The maximum atomic E-state index is 13.4. The molecule has 31 heavy (non-hydrogen) atoms. The van der Waals surface area contributed by atoms with Gasteiger partial charge in [0.25, 0.3) is 5.91 Å². The van der Waals surface area contributed by atoms with Crippen LogP contribution in [-0.2, 0) is 0 Å². The van der Waals surface area contributed by atoms with Gasteiger partial charge in [0.15, 0.2) is 0 Å². The lowest BCUT2D eigenvalue weighted by atomic mass is 9.99. The molecule has 2 fully saturated rings. The zero-order chi connectivity index (χ0) is 20.8. The molecule has 1 aliphatic carbocycles. The first-order valence-corrected chi connectivity index (χ1v) is 11.9. The van der Waals surface area contributed by atoms with Gasteiger partial charge in [0.05, 0.1) is 18.3 Å². The predicted molar refractivity (Wildman–Crippen MR) is 123 cm³/mol. The van der Waals surface area contributed by atoms with E-state index in [0.29, 0.717) is 6.04 Å². The van der Waals surface area contributed by atoms with Crippen LogP contribution in [0.25, 0.3) is 21.9 Å². The van der Waals surface area contributed by atoms with E-state index in [2.05, 4.69) is 45.2 Å². The van der Waals surface area contributed by atoms with Crippen molar-refractivity contribution in [2.24, 2.45) is 0 Å². The topological polar surface area (TPSA) is 51.0 Å². The summed E-state index contributed by atoms with van der Waals surface area (Å²) in [7, 11) is 0. The zero-order valence-electron chi connectivity index (χ0n) is 17.3. The number of amides is 1. The number of carbonyl (C=O) groups is 1. The number of likely N-dealkylation sites (tertiary alicyclic amines) is 1. The molecule has 1 aliphatic heterocycles. The van der Waals surface area contributed by atoms with E-state index in [1.54, 1.807) is 11.3 Å². The molecule has 3 heterocycles. The summed E-state index contributed by atoms with van der Waals surface area (Å²) in [5.41, 5.74) is 3.07. The molecule has 156 valence electrons. The molecule has 0 bridgehead atoms. The maximum Gasteiger partial charge on any atom is 0.254 e. The van der Waals surface area contributed by atoms with Gasteiger partial charge in [0, 0.05) is 35.4 Å². The van der Waals surface area contributed by atoms with Crippen LogP contribution in [-0.4, -0.2) is 32.1 Å². The van der Waals surface area contributed by atoms with Gasteiger partial charge in [-0.2, -0.15) is 5.10 Å². The number of hydrogen-bond acceptors (Lipinski definition) is 4. The van der Waals surface area contributed by atoms with Gasteiger partial charge in [-0.15, -0.1) is 11.3 Å². The number of thiazole rings is 1. The zero-order valence-corrected chi connectivity index (χ0v) is 18.1. The van der Waals surface area contributed by atoms with Crippen LogP contribution in [0.3, 0.4) is 0 Å². The standard InChI is InChI=1S/C25H24N4OS/c30-25(28-11-2-1-3-23(28)24-26-10-12-31-24)20-7-6-17-13-19(5-4-18(17)14-20)21-15-27-29(16-21)22-8-9-22/h4-7,10,12-16,22-23H,1-3,8-9,11H2. The third-order valence-corrected chi connectivity index (χ3v) is 7.32. The fraction of sp³-hybridized carbons (Fsp3) is 0.320. The lowest BCUT2D eigenvalue weighted by Gasteiger charge is -2.34. The highest BCUT2D eigenvalue weighted by atomic mass is 32.1. The van der Waals surface area contributed by atoms with Crippen LogP contribution in [0.5, 0.6) is 0 Å². The van der Waals surface area contributed by atoms with Gasteiger partial charge in [-0.25, -0.2) is 4.98 Å². The van der Waals surface area contributed by atoms with Crippen molar-refractivity contribution in [3.63, 3.8) is 0 Å². The van der Waals surface area contributed by atoms with Gasteiger partial charge in [-0.3, -0.25) is 9.48 Å². The first kappa shape index (κ1) is 18.8. The van der Waals surface area contributed by atoms with Crippen molar-refractivity contribution in [2.45, 2.75) is 44.2 Å². The molecule has 1 saturated heterocycles. The van der Waals surface area contributed by atoms with Crippen molar-refractivity contribution < 1.29 is 4.79 Å². The summed E-state index contributed by atoms with van der Waals surface area (Å²) < 4.78 is 2.08. The Hall–Kier alpha value is -2.99. The van der Waals surface area contributed by atoms with Gasteiger partial charge in [0.2, 0.25) is 0 Å². The van der Waals surface area contributed by atoms with Crippen molar-refractivity contribution >= 4 is 28.0 Å². The van der Waals surface area contributed by atoms with Crippen molar-refractivity contribution in [2.75, 3.05) is 6.54 Å². The van der Waals surface area contributed by atoms with E-state index in [9.17, 15) is 4.79 Å². The number of carbonyl (C=O) groups excluding carboxylic acids is 1. The lowest BCUT2D eigenvalue weighted by Crippen LogP contribution is -2.38. The Labute approximate surface area is 185 Å². The van der Waals surface area contributed by atoms with Crippen molar-refractivity contribution in [1.82, 2.24) is 19.7 Å². The van der Waals surface area contributed by atoms with Crippen LogP contribution in [0, 0.1) is 0 Å². The Morgan fingerprint density at radius 1 is 1.00 bits per heavy atom. The first-order chi connectivity index (χ1) is 15.3. The molecule has 2 aromatic carbocycles. The fourth-order valence-corrected chi connectivity index (χ4v) is 5.37. The number of piperidine rings is 1. The van der Waals surface area contributed by atoms with Crippen molar-refractivity contribution in [3.05, 3.63) is 70.9 Å². The molecule has 1 atom stereocenters. The summed E-state index contributed by atoms with van der Waals surface area (Å²) in [6.45, 7) is 0.797. The maximum absolute atomic E-state index is 13.4. The third-order valence-electron chi connectivity index (χ3n) is 6.44. The minimum atomic E-state index is 0.0994. The second-order valence-corrected chi connectivity index (χ2v) is 9.52. The minimum Gasteiger partial charge on any atom is -0.329 e. The van der Waals surface area contributed by atoms with Crippen LogP contribution in [0.2, 0.25) is 0 Å². The van der Waals surface area contributed by atoms with Crippen LogP contribution in [0.1, 0.15) is 59.6 Å². The number of rotatable bonds is 4. The smallest absolute Gasteiger partial charge is 0.254 e. The molecule has 4 aromatic rings. The third kappa shape index (κ3) is 3.55. The average molecular weight is 429 g/mol. The summed E-state index contributed by atoms with van der Waals surface area (Å²) in [6, 6.07) is 13.2. The first-order valence-electron chi connectivity index (χ1n) is 11.0. The lowest BCUT2D eigenvalue weighted by molar-refractivity contribution is 0.0611. The molecule has 1 amide bonds. The highest BCUT2D eigenvalue weighted by Gasteiger charge is 2.30. The highest BCUT2D eigenvalue weighted by molar-refractivity contribution is 7.09. The second-order valence-electron chi connectivity index (χ2n) is 8.60. The molecule has 0 N–H and O–H groups in total. The number of hydrogen-bond donors (Lipinski definition) is 0. The molecular weight excluding hydrogens is 404 g/mol. The average Bonchev–Trinajstić information content (AvgIpc) is 3.31. The normalized spacial score (nSPS) is 19.1. The van der Waals surface area contributed by atoms with Gasteiger partial charge >= 0.3 is 0 Å². The minimum absolute atomic E-state index is 0.0994. The van der Waals surface area contributed by atoms with E-state index in [1.165, 1.54) is 18.4 Å². The van der Waals surface area contributed by atoms with Gasteiger partial charge in [0.1, 0.15) is 5.01 Å². The molecule has 2 aromatic heterocycles. The number of nitrogens with zero attached hydrogens (tertiary/aromatic N) is 4. The van der Waals surface area contributed by atoms with E-state index >= 15 is 0 Å². The number of aromatic nitrogens is 3. The summed E-state index contributed by atoms with van der Waals surface area (Å²) in [5.74, 6) is 0.108. The monoisotopic (exact) mass is 428 g/mol. The summed E-state index contributed by atoms with van der Waals surface area (Å²) in [6.07, 6.45) is 11.6. The van der Waals surface area contributed by atoms with Gasteiger partial charge < -0.3 is 4.90 Å². The van der Waals surface area contributed by atoms with Gasteiger partial charge in [-0.05, 0) is 66.6 Å². The highest BCUT2D eigenvalue weighted by Crippen LogP contribution is 2.36. The quantitative estimate of drug-likeness (QED) is 0.409. The van der Waals surface area contributed by atoms with E-state index in [0.717, 1.165) is 52.7 Å². The molecule has 0 radical (unpaired) electrons. The van der Waals surface area contributed by atoms with E-state index in [4.69, 9.17) is 0 Å². The van der Waals surface area contributed by atoms with E-state index in [1.807, 2.05) is 34.8 Å². The van der Waals surface area contributed by atoms with Crippen molar-refractivity contribution in [1.29, 1.82) is 0 Å². The molecule has 2 aliphatic rings. The Balaban J connectivity index is 1.28. The molecule has 6 heteroatoms. The Morgan fingerprint density at radius 2 is 1.87 bits per heavy atom. The van der Waals surface area contributed by atoms with E-state index < -0.39 is 0 Å². The number of benzene rings is 2. The molecule has 1 saturated carbocycles. The summed E-state index contributed by atoms with van der Waals surface area (Å²) in [4.78, 5) is 19.9. The largest absolute Gasteiger partial charge is 0.329 e. The summed E-state index contributed by atoms with van der Waals surface area (Å²) >= 11 is 1.64. The Kier molecular flexibility index (Phi) is 4.60. The summed E-state index contributed by atoms with van der Waals surface area (Å²) in [5, 5.41) is 9.79. The molecule has 6 rings (SSSR count). The molecular formula is C25H24N4OS. The fourth-order valence-electron chi connectivity index (χ4n) is 4.58. The van der Waals surface area contributed by atoms with Crippen LogP contribution in [0.4, 0.5) is 0 Å². The van der Waals surface area contributed by atoms with Crippen LogP contribution < -0.4 is 0 Å². The van der Waals surface area contributed by atoms with Gasteiger partial charge in [-0.1, -0.05) is 18.2 Å². The Bertz CT molecular complexity index is 1240. The van der Waals surface area contributed by atoms with Crippen molar-refractivity contribution in [3.8, 4) is 11.1 Å². The van der Waals surface area contributed by atoms with Crippen LogP contribution >= 0.6 is 11.3 Å². The van der Waals surface area contributed by atoms with E-state index in [-0.39, 0.29) is 11.9 Å². The SMILES string of the molecule is O=C(c1ccc2cc(-c3cnn(C4CC4)c3)ccc2c1)N1CCCCC1c1nccs1.